The lowest BCUT2D eigenvalue weighted by molar-refractivity contribution is 0.0740. The van der Waals surface area contributed by atoms with Crippen molar-refractivity contribution in [1.82, 2.24) is 19.9 Å². The summed E-state index contributed by atoms with van der Waals surface area (Å²) in [6.45, 7) is 6.89. The zero-order chi connectivity index (χ0) is 20.2. The van der Waals surface area contributed by atoms with E-state index in [2.05, 4.69) is 38.2 Å². The third kappa shape index (κ3) is 4.34. The van der Waals surface area contributed by atoms with Crippen LogP contribution in [0.1, 0.15) is 21.6 Å². The van der Waals surface area contributed by atoms with E-state index in [-0.39, 0.29) is 5.91 Å². The second-order valence-corrected chi connectivity index (χ2v) is 7.20. The van der Waals surface area contributed by atoms with Crippen molar-refractivity contribution in [3.63, 3.8) is 0 Å². The lowest BCUT2D eigenvalue weighted by Gasteiger charge is -2.35. The number of carbonyl (C=O) groups is 1. The quantitative estimate of drug-likeness (QED) is 0.740. The van der Waals surface area contributed by atoms with Crippen molar-refractivity contribution in [2.24, 2.45) is 0 Å². The first kappa shape index (κ1) is 18.9. The Morgan fingerprint density at radius 2 is 1.79 bits per heavy atom. The molecule has 1 aliphatic rings. The number of amides is 1. The minimum Gasteiger partial charge on any atom is -0.353 e. The minimum atomic E-state index is -0.0868. The van der Waals surface area contributed by atoms with Crippen molar-refractivity contribution in [2.75, 3.05) is 36.4 Å². The minimum absolute atomic E-state index is 0.0868. The molecule has 1 amide bonds. The molecule has 0 spiro atoms. The average molecular weight is 388 g/mol. The van der Waals surface area contributed by atoms with Crippen LogP contribution in [0.25, 0.3) is 0 Å². The summed E-state index contributed by atoms with van der Waals surface area (Å²) in [5, 5.41) is 3.26. The van der Waals surface area contributed by atoms with E-state index in [9.17, 15) is 4.79 Å². The van der Waals surface area contributed by atoms with E-state index in [0.29, 0.717) is 24.6 Å². The van der Waals surface area contributed by atoms with E-state index in [4.69, 9.17) is 0 Å². The summed E-state index contributed by atoms with van der Waals surface area (Å²) in [7, 11) is 0. The van der Waals surface area contributed by atoms with Gasteiger partial charge in [0.25, 0.3) is 5.91 Å². The molecule has 1 fully saturated rings. The number of nitrogens with one attached hydrogen (secondary N) is 1. The molecule has 4 rings (SSSR count). The third-order valence-corrected chi connectivity index (χ3v) is 5.06. The Morgan fingerprint density at radius 1 is 0.966 bits per heavy atom. The predicted molar refractivity (Wildman–Crippen MR) is 114 cm³/mol. The van der Waals surface area contributed by atoms with Crippen LogP contribution in [-0.2, 0) is 0 Å². The Kier molecular flexibility index (Phi) is 5.37. The fourth-order valence-corrected chi connectivity index (χ4v) is 3.44. The SMILES string of the molecule is Cc1ccc(Nc2cnc(C(=O)N3CCN(c4ccccn4)CC3)cn2)c(C)c1. The van der Waals surface area contributed by atoms with Crippen LogP contribution < -0.4 is 10.2 Å². The van der Waals surface area contributed by atoms with Gasteiger partial charge in [-0.3, -0.25) is 4.79 Å². The molecule has 7 heteroatoms. The molecule has 148 valence electrons. The van der Waals surface area contributed by atoms with E-state index >= 15 is 0 Å². The maximum absolute atomic E-state index is 12.8. The van der Waals surface area contributed by atoms with Crippen LogP contribution in [-0.4, -0.2) is 51.9 Å². The third-order valence-electron chi connectivity index (χ3n) is 5.06. The highest BCUT2D eigenvalue weighted by Gasteiger charge is 2.23. The van der Waals surface area contributed by atoms with E-state index in [0.717, 1.165) is 30.2 Å². The number of hydrogen-bond acceptors (Lipinski definition) is 6. The monoisotopic (exact) mass is 388 g/mol. The van der Waals surface area contributed by atoms with E-state index < -0.39 is 0 Å². The predicted octanol–water partition coefficient (Wildman–Crippen LogP) is 3.19. The van der Waals surface area contributed by atoms with Gasteiger partial charge in [-0.05, 0) is 37.6 Å². The first-order valence-electron chi connectivity index (χ1n) is 9.72. The highest BCUT2D eigenvalue weighted by Crippen LogP contribution is 2.20. The summed E-state index contributed by atoms with van der Waals surface area (Å²) >= 11 is 0. The van der Waals surface area contributed by atoms with Crippen LogP contribution in [0.15, 0.2) is 55.0 Å². The van der Waals surface area contributed by atoms with Crippen molar-refractivity contribution in [3.8, 4) is 0 Å². The Balaban J connectivity index is 1.37. The Labute approximate surface area is 170 Å². The van der Waals surface area contributed by atoms with Gasteiger partial charge in [-0.1, -0.05) is 23.8 Å². The highest BCUT2D eigenvalue weighted by atomic mass is 16.2. The lowest BCUT2D eigenvalue weighted by Crippen LogP contribution is -2.49. The second kappa shape index (κ2) is 8.26. The number of nitrogens with zero attached hydrogens (tertiary/aromatic N) is 5. The number of anilines is 3. The van der Waals surface area contributed by atoms with Gasteiger partial charge in [-0.2, -0.15) is 0 Å². The second-order valence-electron chi connectivity index (χ2n) is 7.20. The molecule has 0 saturated carbocycles. The molecule has 0 aliphatic carbocycles. The van der Waals surface area contributed by atoms with Crippen molar-refractivity contribution in [2.45, 2.75) is 13.8 Å². The number of piperazine rings is 1. The fraction of sp³-hybridized carbons (Fsp3) is 0.273. The maximum atomic E-state index is 12.8. The number of aryl methyl sites for hydroxylation is 2. The van der Waals surface area contributed by atoms with E-state index in [1.165, 1.54) is 5.56 Å². The standard InChI is InChI=1S/C22H24N6O/c1-16-6-7-18(17(2)13-16)26-20-15-24-19(14-25-20)22(29)28-11-9-27(10-12-28)21-5-3-4-8-23-21/h3-8,13-15H,9-12H2,1-2H3,(H,25,26). The van der Waals surface area contributed by atoms with Crippen LogP contribution >= 0.6 is 0 Å². The van der Waals surface area contributed by atoms with Crippen molar-refractivity contribution >= 4 is 23.2 Å². The number of rotatable bonds is 4. The maximum Gasteiger partial charge on any atom is 0.274 e. The molecular weight excluding hydrogens is 364 g/mol. The van der Waals surface area contributed by atoms with Crippen LogP contribution in [0.5, 0.6) is 0 Å². The largest absolute Gasteiger partial charge is 0.353 e. The van der Waals surface area contributed by atoms with Gasteiger partial charge < -0.3 is 15.1 Å². The molecule has 29 heavy (non-hydrogen) atoms. The Hall–Kier alpha value is -3.48. The first-order chi connectivity index (χ1) is 14.1. The summed E-state index contributed by atoms with van der Waals surface area (Å²) in [6.07, 6.45) is 4.94. The molecule has 1 saturated heterocycles. The summed E-state index contributed by atoms with van der Waals surface area (Å²) in [5.74, 6) is 1.48. The van der Waals surface area contributed by atoms with Gasteiger partial charge in [0.2, 0.25) is 0 Å². The van der Waals surface area contributed by atoms with Crippen LogP contribution in [0.4, 0.5) is 17.3 Å². The molecule has 0 unspecified atom stereocenters. The number of pyridine rings is 1. The summed E-state index contributed by atoms with van der Waals surface area (Å²) < 4.78 is 0. The highest BCUT2D eigenvalue weighted by molar-refractivity contribution is 5.92. The summed E-state index contributed by atoms with van der Waals surface area (Å²) in [6, 6.07) is 12.0. The molecule has 3 aromatic rings. The first-order valence-corrected chi connectivity index (χ1v) is 9.72. The normalized spacial score (nSPS) is 14.0. The molecule has 0 radical (unpaired) electrons. The van der Waals surface area contributed by atoms with Crippen molar-refractivity contribution < 1.29 is 4.79 Å². The van der Waals surface area contributed by atoms with Gasteiger partial charge in [0.1, 0.15) is 17.3 Å². The number of aromatic nitrogens is 3. The molecule has 2 aromatic heterocycles. The Morgan fingerprint density at radius 3 is 2.45 bits per heavy atom. The van der Waals surface area contributed by atoms with Gasteiger partial charge in [0.15, 0.2) is 0 Å². The van der Waals surface area contributed by atoms with E-state index in [1.807, 2.05) is 42.2 Å². The van der Waals surface area contributed by atoms with Gasteiger partial charge in [0, 0.05) is 38.1 Å². The van der Waals surface area contributed by atoms with Gasteiger partial charge in [0.05, 0.1) is 12.4 Å². The number of carbonyl (C=O) groups excluding carboxylic acids is 1. The average Bonchev–Trinajstić information content (AvgIpc) is 2.76. The van der Waals surface area contributed by atoms with E-state index in [1.54, 1.807) is 18.6 Å². The number of benzene rings is 1. The van der Waals surface area contributed by atoms with Crippen LogP contribution in [0.3, 0.4) is 0 Å². The Bertz CT molecular complexity index is 982. The van der Waals surface area contributed by atoms with Gasteiger partial charge in [-0.15, -0.1) is 0 Å². The van der Waals surface area contributed by atoms with Crippen LogP contribution in [0, 0.1) is 13.8 Å². The molecule has 1 aliphatic heterocycles. The smallest absolute Gasteiger partial charge is 0.274 e. The molecule has 0 bridgehead atoms. The van der Waals surface area contributed by atoms with Crippen molar-refractivity contribution in [1.29, 1.82) is 0 Å². The molecule has 1 aromatic carbocycles. The zero-order valence-corrected chi connectivity index (χ0v) is 16.7. The molecule has 1 N–H and O–H groups in total. The van der Waals surface area contributed by atoms with Crippen molar-refractivity contribution in [3.05, 3.63) is 71.8 Å². The molecular formula is C22H24N6O. The van der Waals surface area contributed by atoms with Crippen LogP contribution in [0.2, 0.25) is 0 Å². The summed E-state index contributed by atoms with van der Waals surface area (Å²) in [4.78, 5) is 29.9. The van der Waals surface area contributed by atoms with Gasteiger partial charge in [-0.25, -0.2) is 15.0 Å². The molecule has 0 atom stereocenters. The lowest BCUT2D eigenvalue weighted by atomic mass is 10.1. The number of hydrogen-bond donors (Lipinski definition) is 1. The summed E-state index contributed by atoms with van der Waals surface area (Å²) in [5.41, 5.74) is 3.69. The fourth-order valence-electron chi connectivity index (χ4n) is 3.44. The van der Waals surface area contributed by atoms with Gasteiger partial charge >= 0.3 is 0 Å². The topological polar surface area (TPSA) is 74.2 Å². The zero-order valence-electron chi connectivity index (χ0n) is 16.7. The molecule has 3 heterocycles. The molecule has 7 nitrogen and oxygen atoms in total.